The molecule has 0 aliphatic rings. The van der Waals surface area contributed by atoms with Crippen LogP contribution in [0.2, 0.25) is 0 Å². The second-order valence-electron chi connectivity index (χ2n) is 2.65. The molecule has 0 saturated carbocycles. The molecule has 0 unspecified atom stereocenters. The molecule has 1 rings (SSSR count). The maximum Gasteiger partial charge on any atom is 0.115 e. The van der Waals surface area contributed by atoms with Crippen LogP contribution < -0.4 is 4.74 Å². The molecular weight excluding hydrogens is 285 g/mol. The molecule has 0 fully saturated rings. The first-order chi connectivity index (χ1) is 7.74. The first-order valence-electron chi connectivity index (χ1n) is 5.92. The summed E-state index contributed by atoms with van der Waals surface area (Å²) in [5.41, 5.74) is 2.21. The van der Waals surface area contributed by atoms with Gasteiger partial charge in [0.1, 0.15) is 5.75 Å². The second kappa shape index (κ2) is 15.9. The zero-order valence-electron chi connectivity index (χ0n) is 11.9. The van der Waals surface area contributed by atoms with Crippen molar-refractivity contribution in [1.29, 1.82) is 0 Å². The largest absolute Gasteiger partial charge is 0.525 e. The van der Waals surface area contributed by atoms with Gasteiger partial charge in [-0.3, -0.25) is 0 Å². The van der Waals surface area contributed by atoms with E-state index in [9.17, 15) is 0 Å². The molecule has 1 nitrogen and oxygen atoms in total. The standard InChI is InChI=1S/C11H13O.2C2H6.Y/c1-4-12-11-7-5-10(6-8-11)9(2)3;2*1-2;/h5-8H,1-2,4H2,3H3;2*1-2H3;/q-1;;;. The van der Waals surface area contributed by atoms with E-state index in [-0.39, 0.29) is 32.7 Å². The minimum atomic E-state index is 0. The maximum absolute atomic E-state index is 5.20. The van der Waals surface area contributed by atoms with Crippen LogP contribution in [0.25, 0.3) is 5.57 Å². The monoisotopic (exact) mass is 310 g/mol. The summed E-state index contributed by atoms with van der Waals surface area (Å²) in [5.74, 6) is 0.856. The molecule has 0 bridgehead atoms. The Bertz CT molecular complexity index is 265. The van der Waals surface area contributed by atoms with Gasteiger partial charge < -0.3 is 11.7 Å². The normalized spacial score (nSPS) is 7.41. The molecule has 1 aromatic rings. The van der Waals surface area contributed by atoms with Crippen LogP contribution in [0.4, 0.5) is 0 Å². The Kier molecular flexibility index (Phi) is 20.6. The number of benzene rings is 1. The molecule has 0 aromatic heterocycles. The average molecular weight is 310 g/mol. The van der Waals surface area contributed by atoms with Crippen LogP contribution >= 0.6 is 0 Å². The van der Waals surface area contributed by atoms with Crippen LogP contribution in [0.5, 0.6) is 5.75 Å². The molecule has 0 amide bonds. The number of allylic oxidation sites excluding steroid dienone is 1. The molecule has 0 heterocycles. The van der Waals surface area contributed by atoms with E-state index in [1.807, 2.05) is 58.9 Å². The fourth-order valence-corrected chi connectivity index (χ4v) is 0.954. The summed E-state index contributed by atoms with van der Waals surface area (Å²) in [4.78, 5) is 0. The zero-order chi connectivity index (χ0) is 13.0. The third kappa shape index (κ3) is 10.7. The molecule has 2 heteroatoms. The average Bonchev–Trinajstić information content (AvgIpc) is 2.35. The Morgan fingerprint density at radius 2 is 1.53 bits per heavy atom. The van der Waals surface area contributed by atoms with Crippen molar-refractivity contribution >= 4 is 5.57 Å². The zero-order valence-corrected chi connectivity index (χ0v) is 14.8. The van der Waals surface area contributed by atoms with E-state index < -0.39 is 0 Å². The Hall–Kier alpha value is -0.136. The molecule has 95 valence electrons. The van der Waals surface area contributed by atoms with Crippen molar-refractivity contribution in [3.8, 4) is 5.75 Å². The molecule has 0 N–H and O–H groups in total. The van der Waals surface area contributed by atoms with Gasteiger partial charge in [0.15, 0.2) is 0 Å². The summed E-state index contributed by atoms with van der Waals surface area (Å²) in [6, 6.07) is 7.84. The van der Waals surface area contributed by atoms with Crippen molar-refractivity contribution in [2.75, 3.05) is 6.61 Å². The summed E-state index contributed by atoms with van der Waals surface area (Å²) in [7, 11) is 0. The van der Waals surface area contributed by atoms with E-state index in [1.54, 1.807) is 0 Å². The molecule has 17 heavy (non-hydrogen) atoms. The molecule has 0 atom stereocenters. The van der Waals surface area contributed by atoms with Crippen LogP contribution in [0.3, 0.4) is 0 Å². The van der Waals surface area contributed by atoms with E-state index in [2.05, 4.69) is 13.5 Å². The molecular formula is C15H25OY-. The summed E-state index contributed by atoms with van der Waals surface area (Å²) in [5, 5.41) is 0. The van der Waals surface area contributed by atoms with Crippen molar-refractivity contribution in [1.82, 2.24) is 0 Å². The van der Waals surface area contributed by atoms with Crippen molar-refractivity contribution in [2.24, 2.45) is 0 Å². The van der Waals surface area contributed by atoms with Gasteiger partial charge in [-0.15, -0.1) is 0 Å². The van der Waals surface area contributed by atoms with E-state index in [4.69, 9.17) is 4.74 Å². The van der Waals surface area contributed by atoms with Crippen LogP contribution in [0.1, 0.15) is 40.2 Å². The van der Waals surface area contributed by atoms with Gasteiger partial charge >= 0.3 is 0 Å². The topological polar surface area (TPSA) is 9.23 Å². The van der Waals surface area contributed by atoms with Crippen LogP contribution in [0.15, 0.2) is 30.8 Å². The SMILES string of the molecule is C=C(C)c1ccc(OC[CH2-])cc1.CC.CC.[Y]. The first kappa shape index (κ1) is 22.1. The van der Waals surface area contributed by atoms with Gasteiger partial charge in [-0.25, -0.2) is 0 Å². The summed E-state index contributed by atoms with van der Waals surface area (Å²) >= 11 is 0. The van der Waals surface area contributed by atoms with E-state index in [0.29, 0.717) is 6.61 Å². The third-order valence-electron chi connectivity index (χ3n) is 1.62. The van der Waals surface area contributed by atoms with Crippen LogP contribution in [0, 0.1) is 6.92 Å². The minimum Gasteiger partial charge on any atom is -0.525 e. The molecule has 1 radical (unpaired) electrons. The number of hydrogen-bond donors (Lipinski definition) is 0. The minimum absolute atomic E-state index is 0. The number of rotatable bonds is 3. The number of ether oxygens (including phenoxy) is 1. The van der Waals surface area contributed by atoms with Crippen molar-refractivity contribution in [3.05, 3.63) is 43.3 Å². The maximum atomic E-state index is 5.20. The molecule has 0 aliphatic carbocycles. The van der Waals surface area contributed by atoms with Gasteiger partial charge in [0.05, 0.1) is 0 Å². The van der Waals surface area contributed by atoms with Gasteiger partial charge in [-0.2, -0.15) is 0 Å². The number of hydrogen-bond acceptors (Lipinski definition) is 1. The van der Waals surface area contributed by atoms with E-state index >= 15 is 0 Å². The quantitative estimate of drug-likeness (QED) is 0.715. The predicted molar refractivity (Wildman–Crippen MR) is 74.7 cm³/mol. The fourth-order valence-electron chi connectivity index (χ4n) is 0.954. The van der Waals surface area contributed by atoms with Crippen molar-refractivity contribution in [2.45, 2.75) is 34.6 Å². The molecule has 0 aliphatic heterocycles. The van der Waals surface area contributed by atoms with Crippen molar-refractivity contribution in [3.63, 3.8) is 0 Å². The third-order valence-corrected chi connectivity index (χ3v) is 1.62. The fraction of sp³-hybridized carbons (Fsp3) is 0.400. The van der Waals surface area contributed by atoms with Gasteiger partial charge in [0.2, 0.25) is 0 Å². The smallest absolute Gasteiger partial charge is 0.115 e. The Labute approximate surface area is 133 Å². The van der Waals surface area contributed by atoms with E-state index in [0.717, 1.165) is 16.9 Å². The van der Waals surface area contributed by atoms with E-state index in [1.165, 1.54) is 0 Å². The van der Waals surface area contributed by atoms with Crippen molar-refractivity contribution < 1.29 is 37.4 Å². The predicted octanol–water partition coefficient (Wildman–Crippen LogP) is 4.98. The van der Waals surface area contributed by atoms with Gasteiger partial charge in [-0.05, 0) is 31.2 Å². The summed E-state index contributed by atoms with van der Waals surface area (Å²) < 4.78 is 5.20. The second-order valence-corrected chi connectivity index (χ2v) is 2.65. The summed E-state index contributed by atoms with van der Waals surface area (Å²) in [6.45, 7) is 17.9. The Morgan fingerprint density at radius 3 is 1.82 bits per heavy atom. The molecule has 0 spiro atoms. The summed E-state index contributed by atoms with van der Waals surface area (Å²) in [6.07, 6.45) is 0. The Balaban J connectivity index is -0.000000355. The first-order valence-corrected chi connectivity index (χ1v) is 5.92. The van der Waals surface area contributed by atoms with Crippen LogP contribution in [-0.2, 0) is 32.7 Å². The van der Waals surface area contributed by atoms with Gasteiger partial charge in [0.25, 0.3) is 0 Å². The van der Waals surface area contributed by atoms with Gasteiger partial charge in [0, 0.05) is 32.7 Å². The molecule has 0 saturated heterocycles. The Morgan fingerprint density at radius 1 is 1.12 bits per heavy atom. The van der Waals surface area contributed by atoms with Gasteiger partial charge in [-0.1, -0.05) is 52.0 Å². The molecule has 1 aromatic carbocycles. The van der Waals surface area contributed by atoms with Crippen LogP contribution in [-0.4, -0.2) is 6.61 Å².